The SMILES string of the molecule is CN1CCCC(CNC(=O)c2cc(Cl)nc(NN)c2)C1. The molecule has 1 aromatic rings. The number of anilines is 1. The smallest absolute Gasteiger partial charge is 0.251 e. The summed E-state index contributed by atoms with van der Waals surface area (Å²) in [5.41, 5.74) is 2.85. The van der Waals surface area contributed by atoms with Crippen molar-refractivity contribution in [2.75, 3.05) is 32.1 Å². The van der Waals surface area contributed by atoms with Crippen molar-refractivity contribution in [3.63, 3.8) is 0 Å². The molecule has 1 aliphatic heterocycles. The van der Waals surface area contributed by atoms with Crippen LogP contribution in [0.25, 0.3) is 0 Å². The van der Waals surface area contributed by atoms with E-state index in [0.717, 1.165) is 19.5 Å². The second kappa shape index (κ2) is 6.88. The van der Waals surface area contributed by atoms with E-state index in [1.54, 1.807) is 6.07 Å². The van der Waals surface area contributed by atoms with Crippen molar-refractivity contribution in [1.29, 1.82) is 0 Å². The Hall–Kier alpha value is -1.37. The number of carbonyl (C=O) groups excluding carboxylic acids is 1. The number of nitrogens with zero attached hydrogens (tertiary/aromatic N) is 2. The van der Waals surface area contributed by atoms with Gasteiger partial charge in [0.15, 0.2) is 0 Å². The van der Waals surface area contributed by atoms with Gasteiger partial charge >= 0.3 is 0 Å². The van der Waals surface area contributed by atoms with Crippen LogP contribution in [0.1, 0.15) is 23.2 Å². The van der Waals surface area contributed by atoms with Crippen molar-refractivity contribution in [3.8, 4) is 0 Å². The van der Waals surface area contributed by atoms with Crippen LogP contribution in [0, 0.1) is 5.92 Å². The molecule has 0 aliphatic carbocycles. The highest BCUT2D eigenvalue weighted by Gasteiger charge is 2.18. The summed E-state index contributed by atoms with van der Waals surface area (Å²) in [6.45, 7) is 2.83. The molecular formula is C13H20ClN5O. The number of pyridine rings is 1. The summed E-state index contributed by atoms with van der Waals surface area (Å²) in [5, 5.41) is 3.19. The number of aromatic nitrogens is 1. The van der Waals surface area contributed by atoms with E-state index in [9.17, 15) is 4.79 Å². The average molecular weight is 298 g/mol. The van der Waals surface area contributed by atoms with Gasteiger partial charge < -0.3 is 15.6 Å². The molecule has 0 aromatic carbocycles. The number of hydrogen-bond donors (Lipinski definition) is 3. The molecule has 4 N–H and O–H groups in total. The molecule has 1 saturated heterocycles. The fourth-order valence-corrected chi connectivity index (χ4v) is 2.69. The van der Waals surface area contributed by atoms with E-state index < -0.39 is 0 Å². The Morgan fingerprint density at radius 3 is 3.10 bits per heavy atom. The number of nitrogens with one attached hydrogen (secondary N) is 2. The van der Waals surface area contributed by atoms with Gasteiger partial charge in [0.25, 0.3) is 5.91 Å². The zero-order valence-electron chi connectivity index (χ0n) is 11.5. The van der Waals surface area contributed by atoms with Crippen LogP contribution < -0.4 is 16.6 Å². The Balaban J connectivity index is 1.93. The van der Waals surface area contributed by atoms with Crippen LogP contribution in [0.5, 0.6) is 0 Å². The minimum absolute atomic E-state index is 0.154. The quantitative estimate of drug-likeness (QED) is 0.440. The summed E-state index contributed by atoms with van der Waals surface area (Å²) in [6.07, 6.45) is 2.33. The third-order valence-corrected chi connectivity index (χ3v) is 3.67. The lowest BCUT2D eigenvalue weighted by atomic mass is 9.98. The number of amides is 1. The summed E-state index contributed by atoms with van der Waals surface area (Å²) in [6, 6.07) is 3.11. The maximum absolute atomic E-state index is 12.1. The van der Waals surface area contributed by atoms with Crippen molar-refractivity contribution in [2.24, 2.45) is 11.8 Å². The van der Waals surface area contributed by atoms with Crippen molar-refractivity contribution in [1.82, 2.24) is 15.2 Å². The van der Waals surface area contributed by atoms with Crippen molar-refractivity contribution in [2.45, 2.75) is 12.8 Å². The fraction of sp³-hybridized carbons (Fsp3) is 0.538. The lowest BCUT2D eigenvalue weighted by Gasteiger charge is -2.29. The van der Waals surface area contributed by atoms with E-state index in [1.165, 1.54) is 12.5 Å². The first-order valence-corrected chi connectivity index (χ1v) is 7.07. The fourth-order valence-electron chi connectivity index (χ4n) is 2.48. The van der Waals surface area contributed by atoms with Crippen molar-refractivity contribution in [3.05, 3.63) is 22.8 Å². The van der Waals surface area contributed by atoms with E-state index in [0.29, 0.717) is 23.8 Å². The van der Waals surface area contributed by atoms with E-state index >= 15 is 0 Å². The number of halogens is 1. The molecule has 6 nitrogen and oxygen atoms in total. The van der Waals surface area contributed by atoms with Crippen LogP contribution in [0.15, 0.2) is 12.1 Å². The van der Waals surface area contributed by atoms with Gasteiger partial charge in [-0.15, -0.1) is 0 Å². The molecule has 1 aliphatic rings. The molecule has 0 bridgehead atoms. The molecule has 7 heteroatoms. The summed E-state index contributed by atoms with van der Waals surface area (Å²) in [4.78, 5) is 18.3. The van der Waals surface area contributed by atoms with Crippen molar-refractivity contribution < 1.29 is 4.79 Å². The lowest BCUT2D eigenvalue weighted by molar-refractivity contribution is 0.0936. The third-order valence-electron chi connectivity index (χ3n) is 3.48. The molecule has 1 fully saturated rings. The second-order valence-electron chi connectivity index (χ2n) is 5.19. The minimum atomic E-state index is -0.154. The van der Waals surface area contributed by atoms with Gasteiger partial charge in [0.05, 0.1) is 0 Å². The van der Waals surface area contributed by atoms with Gasteiger partial charge in [0, 0.05) is 18.7 Å². The highest BCUT2D eigenvalue weighted by atomic mass is 35.5. The molecule has 1 atom stereocenters. The summed E-state index contributed by atoms with van der Waals surface area (Å²) < 4.78 is 0. The molecule has 20 heavy (non-hydrogen) atoms. The topological polar surface area (TPSA) is 83.3 Å². The molecule has 0 radical (unpaired) electrons. The van der Waals surface area contributed by atoms with E-state index in [1.807, 2.05) is 0 Å². The van der Waals surface area contributed by atoms with Gasteiger partial charge in [0.2, 0.25) is 0 Å². The minimum Gasteiger partial charge on any atom is -0.352 e. The summed E-state index contributed by atoms with van der Waals surface area (Å²) in [5.74, 6) is 6.01. The van der Waals surface area contributed by atoms with E-state index in [4.69, 9.17) is 17.4 Å². The zero-order chi connectivity index (χ0) is 14.5. The number of carbonyl (C=O) groups is 1. The third kappa shape index (κ3) is 4.06. The van der Waals surface area contributed by atoms with Gasteiger partial charge in [-0.3, -0.25) is 4.79 Å². The van der Waals surface area contributed by atoms with Crippen LogP contribution >= 0.6 is 11.6 Å². The van der Waals surface area contributed by atoms with Crippen LogP contribution in [-0.2, 0) is 0 Å². The van der Waals surface area contributed by atoms with Crippen LogP contribution in [0.2, 0.25) is 5.15 Å². The lowest BCUT2D eigenvalue weighted by Crippen LogP contribution is -2.39. The van der Waals surface area contributed by atoms with Gasteiger partial charge in [-0.1, -0.05) is 11.6 Å². The normalized spacial score (nSPS) is 19.6. The van der Waals surface area contributed by atoms with Gasteiger partial charge in [-0.05, 0) is 44.5 Å². The predicted octanol–water partition coefficient (Wildman–Crippen LogP) is 1.09. The first kappa shape index (κ1) is 15.0. The maximum atomic E-state index is 12.1. The standard InChI is InChI=1S/C13H20ClN5O/c1-19-4-2-3-9(8-19)7-16-13(20)10-5-11(14)17-12(6-10)18-15/h5-6,9H,2-4,7-8,15H2,1H3,(H,16,20)(H,17,18). The number of likely N-dealkylation sites (tertiary alicyclic amines) is 1. The number of hydrogen-bond acceptors (Lipinski definition) is 5. The van der Waals surface area contributed by atoms with Crippen LogP contribution in [0.4, 0.5) is 5.82 Å². The molecule has 0 spiro atoms. The van der Waals surface area contributed by atoms with Crippen molar-refractivity contribution >= 4 is 23.3 Å². The number of hydrazine groups is 1. The Morgan fingerprint density at radius 1 is 1.60 bits per heavy atom. The second-order valence-corrected chi connectivity index (χ2v) is 5.58. The first-order chi connectivity index (χ1) is 9.58. The van der Waals surface area contributed by atoms with E-state index in [2.05, 4.69) is 27.7 Å². The zero-order valence-corrected chi connectivity index (χ0v) is 12.3. The molecule has 1 unspecified atom stereocenters. The number of nitrogens with two attached hydrogens (primary N) is 1. The first-order valence-electron chi connectivity index (χ1n) is 6.69. The van der Waals surface area contributed by atoms with Crippen LogP contribution in [-0.4, -0.2) is 42.5 Å². The Bertz CT molecular complexity index is 482. The largest absolute Gasteiger partial charge is 0.352 e. The van der Waals surface area contributed by atoms with Gasteiger partial charge in [0.1, 0.15) is 11.0 Å². The van der Waals surface area contributed by atoms with Crippen LogP contribution in [0.3, 0.4) is 0 Å². The average Bonchev–Trinajstić information content (AvgIpc) is 2.44. The Kier molecular flexibility index (Phi) is 5.17. The number of rotatable bonds is 4. The molecule has 2 rings (SSSR count). The number of piperidine rings is 1. The van der Waals surface area contributed by atoms with Gasteiger partial charge in [-0.25, -0.2) is 10.8 Å². The summed E-state index contributed by atoms with van der Waals surface area (Å²) >= 11 is 5.85. The Morgan fingerprint density at radius 2 is 2.40 bits per heavy atom. The maximum Gasteiger partial charge on any atom is 0.251 e. The molecule has 1 aromatic heterocycles. The highest BCUT2D eigenvalue weighted by Crippen LogP contribution is 2.16. The molecule has 1 amide bonds. The number of nitrogen functional groups attached to an aromatic ring is 1. The predicted molar refractivity (Wildman–Crippen MR) is 79.6 cm³/mol. The Labute approximate surface area is 123 Å². The molecule has 110 valence electrons. The molecule has 0 saturated carbocycles. The summed E-state index contributed by atoms with van der Waals surface area (Å²) in [7, 11) is 2.11. The monoisotopic (exact) mass is 297 g/mol. The molecule has 2 heterocycles. The van der Waals surface area contributed by atoms with E-state index in [-0.39, 0.29) is 11.1 Å². The molecular weight excluding hydrogens is 278 g/mol. The highest BCUT2D eigenvalue weighted by molar-refractivity contribution is 6.29. The van der Waals surface area contributed by atoms with Gasteiger partial charge in [-0.2, -0.15) is 0 Å².